The maximum atomic E-state index is 9.01. The lowest BCUT2D eigenvalue weighted by molar-refractivity contribution is 0.146. The van der Waals surface area contributed by atoms with Gasteiger partial charge in [-0.15, -0.1) is 0 Å². The number of rotatable bonds is 6. The van der Waals surface area contributed by atoms with E-state index in [2.05, 4.69) is 46.2 Å². The number of aliphatic hydroxyl groups excluding tert-OH is 1. The highest BCUT2D eigenvalue weighted by Gasteiger charge is 2.15. The summed E-state index contributed by atoms with van der Waals surface area (Å²) in [6.45, 7) is 5.40. The summed E-state index contributed by atoms with van der Waals surface area (Å²) in [5.41, 5.74) is 11.6. The second kappa shape index (κ2) is 9.12. The zero-order chi connectivity index (χ0) is 19.2. The lowest BCUT2D eigenvalue weighted by Crippen LogP contribution is -2.09. The van der Waals surface area contributed by atoms with Crippen LogP contribution in [0, 0.1) is 0 Å². The van der Waals surface area contributed by atoms with Crippen LogP contribution in [0.4, 0.5) is 5.95 Å². The molecule has 1 aliphatic heterocycles. The van der Waals surface area contributed by atoms with Gasteiger partial charge in [0.15, 0.2) is 11.0 Å². The molecular weight excluding hydrogens is 360 g/mol. The summed E-state index contributed by atoms with van der Waals surface area (Å²) < 4.78 is 5.74. The summed E-state index contributed by atoms with van der Waals surface area (Å²) in [7, 11) is 0. The van der Waals surface area contributed by atoms with Crippen molar-refractivity contribution in [3.63, 3.8) is 0 Å². The molecule has 1 aliphatic rings. The van der Waals surface area contributed by atoms with Gasteiger partial charge in [-0.25, -0.2) is 4.98 Å². The van der Waals surface area contributed by atoms with Crippen molar-refractivity contribution < 1.29 is 9.84 Å². The Morgan fingerprint density at radius 3 is 2.85 bits per heavy atom. The Hall–Kier alpha value is -2.22. The molecule has 142 valence electrons. The van der Waals surface area contributed by atoms with E-state index in [4.69, 9.17) is 15.6 Å². The van der Waals surface area contributed by atoms with Crippen molar-refractivity contribution in [2.45, 2.75) is 32.0 Å². The van der Waals surface area contributed by atoms with Crippen molar-refractivity contribution in [1.29, 1.82) is 0 Å². The van der Waals surface area contributed by atoms with Crippen molar-refractivity contribution in [1.82, 2.24) is 15.0 Å². The molecule has 0 bridgehead atoms. The van der Waals surface area contributed by atoms with E-state index < -0.39 is 0 Å². The molecule has 3 rings (SSSR count). The van der Waals surface area contributed by atoms with E-state index in [1.165, 1.54) is 22.9 Å². The van der Waals surface area contributed by atoms with Crippen molar-refractivity contribution in [2.75, 3.05) is 24.7 Å². The first-order valence-corrected chi connectivity index (χ1v) is 9.92. The highest BCUT2D eigenvalue weighted by atomic mass is 32.2. The molecule has 6 nitrogen and oxygen atoms in total. The molecule has 1 aromatic carbocycles. The van der Waals surface area contributed by atoms with Crippen LogP contribution >= 0.6 is 11.8 Å². The van der Waals surface area contributed by atoms with E-state index in [0.717, 1.165) is 23.1 Å². The third-order valence-corrected chi connectivity index (χ3v) is 5.21. The normalized spacial score (nSPS) is 16.2. The van der Waals surface area contributed by atoms with Crippen LogP contribution in [-0.2, 0) is 11.3 Å². The molecule has 0 fully saturated rings. The molecule has 3 N–H and O–H groups in total. The molecule has 0 saturated heterocycles. The van der Waals surface area contributed by atoms with Crippen LogP contribution in [0.1, 0.15) is 37.2 Å². The van der Waals surface area contributed by atoms with Crippen molar-refractivity contribution in [2.24, 2.45) is 0 Å². The standard InChI is InChI=1S/C20H24N4O2S/c1-3-14(10-16-12-26-11-15-6-4-5-7-17(15)16)13(2)18-22-19(21)24-20(23-18)27-9-8-25/h4-7,10,25H,3,8-9,11-12H2,1-2H3,(H2,21,22,23,24)/b14-13+,16-10-. The second-order valence-electron chi connectivity index (χ2n) is 6.20. The monoisotopic (exact) mass is 384 g/mol. The third-order valence-electron chi connectivity index (χ3n) is 4.38. The lowest BCUT2D eigenvalue weighted by Gasteiger charge is -2.20. The van der Waals surface area contributed by atoms with Gasteiger partial charge in [0.05, 0.1) is 19.8 Å². The summed E-state index contributed by atoms with van der Waals surface area (Å²) in [6, 6.07) is 8.32. The van der Waals surface area contributed by atoms with Gasteiger partial charge < -0.3 is 15.6 Å². The molecule has 0 saturated carbocycles. The summed E-state index contributed by atoms with van der Waals surface area (Å²) >= 11 is 1.36. The van der Waals surface area contributed by atoms with Gasteiger partial charge in [0.2, 0.25) is 5.95 Å². The van der Waals surface area contributed by atoms with Crippen LogP contribution in [0.15, 0.2) is 41.1 Å². The average molecular weight is 385 g/mol. The second-order valence-corrected chi connectivity index (χ2v) is 7.26. The van der Waals surface area contributed by atoms with Crippen molar-refractivity contribution in [3.8, 4) is 0 Å². The number of nitrogen functional groups attached to an aromatic ring is 1. The van der Waals surface area contributed by atoms with Crippen LogP contribution < -0.4 is 5.73 Å². The topological polar surface area (TPSA) is 94.2 Å². The largest absolute Gasteiger partial charge is 0.396 e. The lowest BCUT2D eigenvalue weighted by atomic mass is 9.94. The Morgan fingerprint density at radius 1 is 1.26 bits per heavy atom. The maximum absolute atomic E-state index is 9.01. The first-order chi connectivity index (χ1) is 13.1. The first-order valence-electron chi connectivity index (χ1n) is 8.94. The minimum absolute atomic E-state index is 0.0616. The minimum Gasteiger partial charge on any atom is -0.396 e. The molecule has 7 heteroatoms. The first kappa shape index (κ1) is 19.5. The highest BCUT2D eigenvalue weighted by molar-refractivity contribution is 7.99. The molecule has 0 amide bonds. The van der Waals surface area contributed by atoms with Crippen LogP contribution in [0.5, 0.6) is 0 Å². The van der Waals surface area contributed by atoms with Gasteiger partial charge in [0.25, 0.3) is 0 Å². The number of aromatic nitrogens is 3. The van der Waals surface area contributed by atoms with E-state index >= 15 is 0 Å². The number of nitrogens with two attached hydrogens (primary N) is 1. The average Bonchev–Trinajstić information content (AvgIpc) is 2.69. The van der Waals surface area contributed by atoms with E-state index in [0.29, 0.717) is 29.9 Å². The number of aliphatic hydroxyl groups is 1. The maximum Gasteiger partial charge on any atom is 0.224 e. The third kappa shape index (κ3) is 4.74. The van der Waals surface area contributed by atoms with Crippen LogP contribution in [0.25, 0.3) is 11.1 Å². The predicted octanol–water partition coefficient (Wildman–Crippen LogP) is 3.34. The summed E-state index contributed by atoms with van der Waals surface area (Å²) in [5, 5.41) is 9.54. The number of hydrogen-bond acceptors (Lipinski definition) is 7. The number of allylic oxidation sites excluding steroid dienone is 3. The van der Waals surface area contributed by atoms with Crippen LogP contribution in [0.2, 0.25) is 0 Å². The van der Waals surface area contributed by atoms with Crippen LogP contribution in [-0.4, -0.2) is 39.0 Å². The number of fused-ring (bicyclic) bond motifs is 1. The summed E-state index contributed by atoms with van der Waals surface area (Å²) in [5.74, 6) is 1.28. The van der Waals surface area contributed by atoms with E-state index in [1.54, 1.807) is 0 Å². The fourth-order valence-electron chi connectivity index (χ4n) is 3.00. The number of ether oxygens (including phenoxy) is 1. The van der Waals surface area contributed by atoms with Gasteiger partial charge >= 0.3 is 0 Å². The Morgan fingerprint density at radius 2 is 2.07 bits per heavy atom. The van der Waals surface area contributed by atoms with Gasteiger partial charge in [-0.2, -0.15) is 9.97 Å². The summed E-state index contributed by atoms with van der Waals surface area (Å²) in [6.07, 6.45) is 3.01. The summed E-state index contributed by atoms with van der Waals surface area (Å²) in [4.78, 5) is 13.0. The molecule has 0 spiro atoms. The molecular formula is C20H24N4O2S. The quantitative estimate of drug-likeness (QED) is 0.738. The molecule has 1 aromatic heterocycles. The van der Waals surface area contributed by atoms with E-state index in [9.17, 15) is 0 Å². The number of thioether (sulfide) groups is 1. The van der Waals surface area contributed by atoms with Crippen molar-refractivity contribution >= 4 is 28.9 Å². The molecule has 0 unspecified atom stereocenters. The number of nitrogens with zero attached hydrogens (tertiary/aromatic N) is 3. The van der Waals surface area contributed by atoms with Crippen LogP contribution in [0.3, 0.4) is 0 Å². The fourth-order valence-corrected chi connectivity index (χ4v) is 3.58. The fraction of sp³-hybridized carbons (Fsp3) is 0.350. The van der Waals surface area contributed by atoms with Gasteiger partial charge in [-0.3, -0.25) is 0 Å². The molecule has 2 heterocycles. The van der Waals surface area contributed by atoms with E-state index in [1.807, 2.05) is 13.0 Å². The number of anilines is 1. The highest BCUT2D eigenvalue weighted by Crippen LogP contribution is 2.29. The predicted molar refractivity (Wildman–Crippen MR) is 109 cm³/mol. The number of hydrogen-bond donors (Lipinski definition) is 2. The zero-order valence-corrected chi connectivity index (χ0v) is 16.4. The molecule has 0 atom stereocenters. The Balaban J connectivity index is 1.99. The Kier molecular flexibility index (Phi) is 6.60. The van der Waals surface area contributed by atoms with Gasteiger partial charge in [-0.05, 0) is 41.2 Å². The molecule has 27 heavy (non-hydrogen) atoms. The van der Waals surface area contributed by atoms with Crippen molar-refractivity contribution in [3.05, 3.63) is 52.9 Å². The Bertz CT molecular complexity index is 880. The molecule has 2 aromatic rings. The van der Waals surface area contributed by atoms with E-state index in [-0.39, 0.29) is 12.6 Å². The van der Waals surface area contributed by atoms with Gasteiger partial charge in [-0.1, -0.05) is 49.0 Å². The minimum atomic E-state index is 0.0616. The SMILES string of the molecule is CCC(/C=C1/COCc2ccccc21)=C(/C)c1nc(N)nc(SCCO)n1. The molecule has 0 aliphatic carbocycles. The van der Waals surface area contributed by atoms with Gasteiger partial charge in [0.1, 0.15) is 0 Å². The smallest absolute Gasteiger partial charge is 0.224 e. The Labute approximate surface area is 163 Å². The zero-order valence-electron chi connectivity index (χ0n) is 15.6. The molecule has 0 radical (unpaired) electrons. The number of benzene rings is 1. The van der Waals surface area contributed by atoms with Gasteiger partial charge in [0, 0.05) is 5.75 Å².